The number of hydrogen-bond acceptors (Lipinski definition) is 5. The van der Waals surface area contributed by atoms with Gasteiger partial charge in [0.25, 0.3) is 0 Å². The highest BCUT2D eigenvalue weighted by Crippen LogP contribution is 2.23. The third kappa shape index (κ3) is 5.60. The molecule has 0 saturated carbocycles. The molecular weight excluding hydrogens is 294 g/mol. The fourth-order valence-electron chi connectivity index (χ4n) is 1.80. The molecule has 6 heteroatoms. The number of anilines is 1. The zero-order valence-electron chi connectivity index (χ0n) is 13.5. The number of nitrogens with one attached hydrogen (secondary N) is 1. The Hall–Kier alpha value is -2.60. The number of rotatable bonds is 4. The molecule has 23 heavy (non-hydrogen) atoms. The van der Waals surface area contributed by atoms with E-state index >= 15 is 0 Å². The fourth-order valence-corrected chi connectivity index (χ4v) is 1.80. The number of carbonyl (C=O) groups is 1. The lowest BCUT2D eigenvalue weighted by atomic mass is 10.2. The minimum Gasteiger partial charge on any atom is -0.457 e. The van der Waals surface area contributed by atoms with E-state index < -0.39 is 11.7 Å². The Morgan fingerprint density at radius 3 is 2.48 bits per heavy atom. The molecule has 0 atom stereocenters. The monoisotopic (exact) mass is 315 g/mol. The fraction of sp³-hybridized carbons (Fsp3) is 0.294. The smallest absolute Gasteiger partial charge is 0.412 e. The lowest BCUT2D eigenvalue weighted by Gasteiger charge is -2.19. The van der Waals surface area contributed by atoms with E-state index in [4.69, 9.17) is 15.2 Å². The maximum Gasteiger partial charge on any atom is 0.412 e. The number of aromatic nitrogens is 1. The van der Waals surface area contributed by atoms with Crippen molar-refractivity contribution in [2.45, 2.75) is 32.9 Å². The van der Waals surface area contributed by atoms with Crippen LogP contribution in [0, 0.1) is 0 Å². The molecule has 2 aromatic rings. The van der Waals surface area contributed by atoms with Gasteiger partial charge in [0.15, 0.2) is 0 Å². The number of amides is 1. The van der Waals surface area contributed by atoms with Gasteiger partial charge in [-0.2, -0.15) is 0 Å². The second kappa shape index (κ2) is 7.11. The van der Waals surface area contributed by atoms with Gasteiger partial charge in [-0.05, 0) is 51.1 Å². The van der Waals surface area contributed by atoms with E-state index in [-0.39, 0.29) is 0 Å². The molecule has 0 saturated heterocycles. The first kappa shape index (κ1) is 16.8. The van der Waals surface area contributed by atoms with Crippen LogP contribution in [-0.4, -0.2) is 16.7 Å². The molecule has 2 rings (SSSR count). The highest BCUT2D eigenvalue weighted by molar-refractivity contribution is 5.84. The molecule has 1 amide bonds. The van der Waals surface area contributed by atoms with Gasteiger partial charge in [-0.25, -0.2) is 4.79 Å². The molecule has 0 aliphatic carbocycles. The minimum absolute atomic E-state index is 0.357. The molecule has 0 unspecified atom stereocenters. The van der Waals surface area contributed by atoms with Crippen LogP contribution in [0.1, 0.15) is 26.5 Å². The molecule has 122 valence electrons. The standard InChI is InChI=1S/C17H21N3O3/c1-17(2,3)23-16(21)20-12-4-6-14(7-5-12)22-15-8-9-19-13(10-15)11-18/h4-10H,11,18H2,1-3H3,(H,20,21). The Balaban J connectivity index is 1.98. The van der Waals surface area contributed by atoms with Gasteiger partial charge in [0.2, 0.25) is 0 Å². The van der Waals surface area contributed by atoms with Crippen LogP contribution in [0.5, 0.6) is 11.5 Å². The third-order valence-corrected chi connectivity index (χ3v) is 2.73. The predicted octanol–water partition coefficient (Wildman–Crippen LogP) is 3.68. The normalized spacial score (nSPS) is 11.0. The Labute approximate surface area is 135 Å². The summed E-state index contributed by atoms with van der Waals surface area (Å²) < 4.78 is 10.9. The van der Waals surface area contributed by atoms with E-state index in [0.29, 0.717) is 23.7 Å². The molecule has 0 aliphatic rings. The van der Waals surface area contributed by atoms with Crippen LogP contribution in [0.2, 0.25) is 0 Å². The Kier molecular flexibility index (Phi) is 5.18. The number of carbonyl (C=O) groups excluding carboxylic acids is 1. The van der Waals surface area contributed by atoms with Gasteiger partial charge in [-0.3, -0.25) is 10.3 Å². The summed E-state index contributed by atoms with van der Waals surface area (Å²) >= 11 is 0. The van der Waals surface area contributed by atoms with Crippen LogP contribution in [-0.2, 0) is 11.3 Å². The van der Waals surface area contributed by atoms with Crippen molar-refractivity contribution >= 4 is 11.8 Å². The lowest BCUT2D eigenvalue weighted by molar-refractivity contribution is 0.0636. The Morgan fingerprint density at radius 1 is 1.17 bits per heavy atom. The maximum absolute atomic E-state index is 11.7. The van der Waals surface area contributed by atoms with Gasteiger partial charge < -0.3 is 15.2 Å². The van der Waals surface area contributed by atoms with E-state index in [0.717, 1.165) is 5.69 Å². The van der Waals surface area contributed by atoms with E-state index in [1.807, 2.05) is 20.8 Å². The number of hydrogen-bond donors (Lipinski definition) is 2. The van der Waals surface area contributed by atoms with Gasteiger partial charge >= 0.3 is 6.09 Å². The second-order valence-corrected chi connectivity index (χ2v) is 5.94. The third-order valence-electron chi connectivity index (χ3n) is 2.73. The highest BCUT2D eigenvalue weighted by atomic mass is 16.6. The average Bonchev–Trinajstić information content (AvgIpc) is 2.47. The minimum atomic E-state index is -0.533. The largest absolute Gasteiger partial charge is 0.457 e. The Bertz CT molecular complexity index is 664. The zero-order valence-corrected chi connectivity index (χ0v) is 13.5. The quantitative estimate of drug-likeness (QED) is 0.898. The van der Waals surface area contributed by atoms with Crippen LogP contribution in [0.4, 0.5) is 10.5 Å². The van der Waals surface area contributed by atoms with Gasteiger partial charge in [0, 0.05) is 24.5 Å². The van der Waals surface area contributed by atoms with Crippen molar-refractivity contribution in [1.29, 1.82) is 0 Å². The van der Waals surface area contributed by atoms with Gasteiger partial charge in [0.1, 0.15) is 17.1 Å². The zero-order chi connectivity index (χ0) is 16.9. The number of ether oxygens (including phenoxy) is 2. The van der Waals surface area contributed by atoms with Crippen LogP contribution in [0.15, 0.2) is 42.6 Å². The lowest BCUT2D eigenvalue weighted by Crippen LogP contribution is -2.27. The Morgan fingerprint density at radius 2 is 1.87 bits per heavy atom. The van der Waals surface area contributed by atoms with Crippen molar-refractivity contribution in [1.82, 2.24) is 4.98 Å². The van der Waals surface area contributed by atoms with Crippen LogP contribution in [0.3, 0.4) is 0 Å². The van der Waals surface area contributed by atoms with Crippen molar-refractivity contribution in [3.63, 3.8) is 0 Å². The molecule has 0 bridgehead atoms. The highest BCUT2D eigenvalue weighted by Gasteiger charge is 2.16. The average molecular weight is 315 g/mol. The van der Waals surface area contributed by atoms with Crippen LogP contribution in [0.25, 0.3) is 0 Å². The number of nitrogens with two attached hydrogens (primary N) is 1. The van der Waals surface area contributed by atoms with E-state index in [1.54, 1.807) is 42.6 Å². The van der Waals surface area contributed by atoms with Gasteiger partial charge in [-0.15, -0.1) is 0 Å². The van der Waals surface area contributed by atoms with Crippen LogP contribution >= 0.6 is 0 Å². The first-order chi connectivity index (χ1) is 10.9. The summed E-state index contributed by atoms with van der Waals surface area (Å²) in [6, 6.07) is 10.5. The molecule has 1 aromatic heterocycles. The van der Waals surface area contributed by atoms with E-state index in [1.165, 1.54) is 0 Å². The first-order valence-electron chi connectivity index (χ1n) is 7.28. The maximum atomic E-state index is 11.7. The van der Waals surface area contributed by atoms with Gasteiger partial charge in [0.05, 0.1) is 5.69 Å². The van der Waals surface area contributed by atoms with Crippen molar-refractivity contribution in [2.24, 2.45) is 5.73 Å². The van der Waals surface area contributed by atoms with Crippen molar-refractivity contribution in [3.05, 3.63) is 48.3 Å². The molecule has 0 aliphatic heterocycles. The second-order valence-electron chi connectivity index (χ2n) is 5.94. The van der Waals surface area contributed by atoms with Crippen molar-refractivity contribution < 1.29 is 14.3 Å². The topological polar surface area (TPSA) is 86.5 Å². The first-order valence-corrected chi connectivity index (χ1v) is 7.28. The number of nitrogens with zero attached hydrogens (tertiary/aromatic N) is 1. The predicted molar refractivity (Wildman–Crippen MR) is 88.5 cm³/mol. The molecular formula is C17H21N3O3. The molecule has 1 heterocycles. The van der Waals surface area contributed by atoms with E-state index in [2.05, 4.69) is 10.3 Å². The summed E-state index contributed by atoms with van der Waals surface area (Å²) in [5, 5.41) is 2.66. The number of benzene rings is 1. The van der Waals surface area contributed by atoms with E-state index in [9.17, 15) is 4.79 Å². The molecule has 0 radical (unpaired) electrons. The molecule has 3 N–H and O–H groups in total. The SMILES string of the molecule is CC(C)(C)OC(=O)Nc1ccc(Oc2ccnc(CN)c2)cc1. The van der Waals surface area contributed by atoms with Crippen molar-refractivity contribution in [2.75, 3.05) is 5.32 Å². The number of pyridine rings is 1. The summed E-state index contributed by atoms with van der Waals surface area (Å²) in [6.07, 6.45) is 1.16. The molecule has 0 fully saturated rings. The van der Waals surface area contributed by atoms with Crippen molar-refractivity contribution in [3.8, 4) is 11.5 Å². The summed E-state index contributed by atoms with van der Waals surface area (Å²) in [7, 11) is 0. The summed E-state index contributed by atoms with van der Waals surface area (Å²) in [5.41, 5.74) is 6.40. The van der Waals surface area contributed by atoms with Crippen LogP contribution < -0.4 is 15.8 Å². The van der Waals surface area contributed by atoms with Gasteiger partial charge in [-0.1, -0.05) is 0 Å². The molecule has 6 nitrogen and oxygen atoms in total. The summed E-state index contributed by atoms with van der Waals surface area (Å²) in [5.74, 6) is 1.31. The summed E-state index contributed by atoms with van der Waals surface area (Å²) in [6.45, 7) is 5.80. The molecule has 0 spiro atoms. The molecule has 1 aromatic carbocycles. The summed E-state index contributed by atoms with van der Waals surface area (Å²) in [4.78, 5) is 15.8.